The van der Waals surface area contributed by atoms with Crippen molar-refractivity contribution in [2.45, 2.75) is 32.4 Å². The van der Waals surface area contributed by atoms with E-state index in [0.29, 0.717) is 17.4 Å². The van der Waals surface area contributed by atoms with Gasteiger partial charge < -0.3 is 10.1 Å². The first kappa shape index (κ1) is 14.8. The molecule has 4 heteroatoms. The van der Waals surface area contributed by atoms with Crippen LogP contribution in [0.3, 0.4) is 0 Å². The highest BCUT2D eigenvalue weighted by molar-refractivity contribution is 5.45. The maximum atomic E-state index is 9.17. The van der Waals surface area contributed by atoms with Crippen LogP contribution in [0, 0.1) is 11.3 Å². The zero-order valence-corrected chi connectivity index (χ0v) is 12.4. The molecule has 0 radical (unpaired) electrons. The molecule has 0 bridgehead atoms. The zero-order valence-electron chi connectivity index (χ0n) is 12.4. The van der Waals surface area contributed by atoms with Crippen LogP contribution in [0.1, 0.15) is 30.9 Å². The van der Waals surface area contributed by atoms with Gasteiger partial charge in [-0.3, -0.25) is 4.90 Å². The molecular weight excluding hydrogens is 250 g/mol. The third kappa shape index (κ3) is 3.50. The van der Waals surface area contributed by atoms with Gasteiger partial charge >= 0.3 is 0 Å². The van der Waals surface area contributed by atoms with Crippen molar-refractivity contribution in [3.63, 3.8) is 0 Å². The highest BCUT2D eigenvalue weighted by Gasteiger charge is 2.21. The first-order chi connectivity index (χ1) is 9.78. The van der Waals surface area contributed by atoms with Crippen LogP contribution in [0.4, 0.5) is 0 Å². The van der Waals surface area contributed by atoms with Gasteiger partial charge in [0.25, 0.3) is 0 Å². The molecule has 1 unspecified atom stereocenters. The molecular formula is C16H23N3O. The van der Waals surface area contributed by atoms with E-state index in [-0.39, 0.29) is 0 Å². The number of ether oxygens (including phenoxy) is 1. The second-order valence-electron chi connectivity index (χ2n) is 5.26. The average Bonchev–Trinajstić information content (AvgIpc) is 3.00. The standard InChI is InChI=1S/C16H23N3O/c1-3-8-19(15-6-7-18-11-15)12-13-4-5-16(20-2)14(9-13)10-17/h4-5,9,15,18H,3,6-8,11-12H2,1-2H3. The molecule has 1 N–H and O–H groups in total. The first-order valence-corrected chi connectivity index (χ1v) is 7.30. The van der Waals surface area contributed by atoms with Crippen molar-refractivity contribution in [3.8, 4) is 11.8 Å². The quantitative estimate of drug-likeness (QED) is 0.862. The van der Waals surface area contributed by atoms with Crippen molar-refractivity contribution >= 4 is 0 Å². The number of rotatable bonds is 6. The predicted octanol–water partition coefficient (Wildman–Crippen LogP) is 2.14. The Bertz CT molecular complexity index is 475. The minimum Gasteiger partial charge on any atom is -0.495 e. The van der Waals surface area contributed by atoms with Gasteiger partial charge in [-0.05, 0) is 43.6 Å². The molecule has 1 saturated heterocycles. The molecule has 0 saturated carbocycles. The van der Waals surface area contributed by atoms with Crippen molar-refractivity contribution in [2.24, 2.45) is 0 Å². The Morgan fingerprint density at radius 2 is 2.35 bits per heavy atom. The van der Waals surface area contributed by atoms with Crippen LogP contribution < -0.4 is 10.1 Å². The van der Waals surface area contributed by atoms with Gasteiger partial charge in [0.15, 0.2) is 0 Å². The largest absolute Gasteiger partial charge is 0.495 e. The second kappa shape index (κ2) is 7.28. The molecule has 1 heterocycles. The van der Waals surface area contributed by atoms with E-state index in [1.165, 1.54) is 12.0 Å². The van der Waals surface area contributed by atoms with Crippen LogP contribution in [0.2, 0.25) is 0 Å². The molecule has 1 aliphatic rings. The fourth-order valence-electron chi connectivity index (χ4n) is 2.80. The smallest absolute Gasteiger partial charge is 0.136 e. The van der Waals surface area contributed by atoms with Crippen molar-refractivity contribution in [1.82, 2.24) is 10.2 Å². The number of hydrogen-bond donors (Lipinski definition) is 1. The van der Waals surface area contributed by atoms with Crippen molar-refractivity contribution < 1.29 is 4.74 Å². The Hall–Kier alpha value is -1.57. The third-order valence-corrected chi connectivity index (χ3v) is 3.83. The molecule has 1 aliphatic heterocycles. The second-order valence-corrected chi connectivity index (χ2v) is 5.26. The molecule has 0 aliphatic carbocycles. The van der Waals surface area contributed by atoms with Gasteiger partial charge in [0.1, 0.15) is 11.8 Å². The first-order valence-electron chi connectivity index (χ1n) is 7.30. The van der Waals surface area contributed by atoms with Gasteiger partial charge in [0, 0.05) is 19.1 Å². The van der Waals surface area contributed by atoms with Crippen molar-refractivity contribution in [1.29, 1.82) is 5.26 Å². The maximum absolute atomic E-state index is 9.17. The molecule has 108 valence electrons. The number of methoxy groups -OCH3 is 1. The lowest BCUT2D eigenvalue weighted by atomic mass is 10.1. The minimum atomic E-state index is 0.614. The lowest BCUT2D eigenvalue weighted by Gasteiger charge is -2.28. The summed E-state index contributed by atoms with van der Waals surface area (Å²) in [5, 5.41) is 12.6. The Kier molecular flexibility index (Phi) is 5.40. The summed E-state index contributed by atoms with van der Waals surface area (Å²) in [5.74, 6) is 0.654. The third-order valence-electron chi connectivity index (χ3n) is 3.83. The monoisotopic (exact) mass is 273 g/mol. The molecule has 1 aromatic carbocycles. The summed E-state index contributed by atoms with van der Waals surface area (Å²) in [4.78, 5) is 2.52. The number of hydrogen-bond acceptors (Lipinski definition) is 4. The minimum absolute atomic E-state index is 0.614. The summed E-state index contributed by atoms with van der Waals surface area (Å²) >= 11 is 0. The molecule has 20 heavy (non-hydrogen) atoms. The van der Waals surface area contributed by atoms with Gasteiger partial charge in [-0.2, -0.15) is 5.26 Å². The molecule has 0 amide bonds. The zero-order chi connectivity index (χ0) is 14.4. The molecule has 0 aromatic heterocycles. The van der Waals surface area contributed by atoms with E-state index in [4.69, 9.17) is 10.00 Å². The van der Waals surface area contributed by atoms with Crippen LogP contribution >= 0.6 is 0 Å². The normalized spacial score (nSPS) is 18.2. The van der Waals surface area contributed by atoms with E-state index in [9.17, 15) is 0 Å². The SMILES string of the molecule is CCCN(Cc1ccc(OC)c(C#N)c1)C1CCNC1. The fourth-order valence-corrected chi connectivity index (χ4v) is 2.80. The maximum Gasteiger partial charge on any atom is 0.136 e. The van der Waals surface area contributed by atoms with Crippen LogP contribution in [-0.2, 0) is 6.54 Å². The Balaban J connectivity index is 2.11. The van der Waals surface area contributed by atoms with Gasteiger partial charge in [-0.1, -0.05) is 13.0 Å². The van der Waals surface area contributed by atoms with Gasteiger partial charge in [0.05, 0.1) is 12.7 Å². The molecule has 1 aromatic rings. The molecule has 1 fully saturated rings. The van der Waals surface area contributed by atoms with E-state index in [1.54, 1.807) is 7.11 Å². The van der Waals surface area contributed by atoms with Gasteiger partial charge in [0.2, 0.25) is 0 Å². The number of nitrogens with one attached hydrogen (secondary N) is 1. The Morgan fingerprint density at radius 3 is 2.95 bits per heavy atom. The highest BCUT2D eigenvalue weighted by Crippen LogP contribution is 2.21. The summed E-state index contributed by atoms with van der Waals surface area (Å²) < 4.78 is 5.20. The van der Waals surface area contributed by atoms with Gasteiger partial charge in [-0.25, -0.2) is 0 Å². The Labute approximate surface area is 121 Å². The lowest BCUT2D eigenvalue weighted by molar-refractivity contribution is 0.199. The number of nitriles is 1. The predicted molar refractivity (Wildman–Crippen MR) is 79.7 cm³/mol. The number of nitrogens with zero attached hydrogens (tertiary/aromatic N) is 2. The summed E-state index contributed by atoms with van der Waals surface area (Å²) in [5.41, 5.74) is 1.80. The topological polar surface area (TPSA) is 48.3 Å². The summed E-state index contributed by atoms with van der Waals surface area (Å²) in [7, 11) is 1.60. The molecule has 1 atom stereocenters. The van der Waals surface area contributed by atoms with E-state index in [1.807, 2.05) is 12.1 Å². The van der Waals surface area contributed by atoms with Crippen molar-refractivity contribution in [2.75, 3.05) is 26.7 Å². The van der Waals surface area contributed by atoms with E-state index in [0.717, 1.165) is 32.6 Å². The average molecular weight is 273 g/mol. The van der Waals surface area contributed by atoms with Crippen LogP contribution in [-0.4, -0.2) is 37.7 Å². The summed E-state index contributed by atoms with van der Waals surface area (Å²) in [6.07, 6.45) is 2.36. The fraction of sp³-hybridized carbons (Fsp3) is 0.562. The van der Waals surface area contributed by atoms with E-state index in [2.05, 4.69) is 29.3 Å². The summed E-state index contributed by atoms with van der Waals surface area (Å²) in [6, 6.07) is 8.72. The van der Waals surface area contributed by atoms with Crippen LogP contribution in [0.15, 0.2) is 18.2 Å². The van der Waals surface area contributed by atoms with Crippen LogP contribution in [0.5, 0.6) is 5.75 Å². The highest BCUT2D eigenvalue weighted by atomic mass is 16.5. The molecule has 2 rings (SSSR count). The van der Waals surface area contributed by atoms with Crippen molar-refractivity contribution in [3.05, 3.63) is 29.3 Å². The number of benzene rings is 1. The van der Waals surface area contributed by atoms with Gasteiger partial charge in [-0.15, -0.1) is 0 Å². The van der Waals surface area contributed by atoms with Crippen LogP contribution in [0.25, 0.3) is 0 Å². The molecule has 0 spiro atoms. The van der Waals surface area contributed by atoms with E-state index >= 15 is 0 Å². The Morgan fingerprint density at radius 1 is 1.50 bits per heavy atom. The summed E-state index contributed by atoms with van der Waals surface area (Å²) in [6.45, 7) is 6.39. The lowest BCUT2D eigenvalue weighted by Crippen LogP contribution is -2.36. The molecule has 4 nitrogen and oxygen atoms in total. The van der Waals surface area contributed by atoms with E-state index < -0.39 is 0 Å².